The number of carbonyl (C=O) groups is 2. The Labute approximate surface area is 224 Å². The van der Waals surface area contributed by atoms with Crippen LogP contribution in [-0.2, 0) is 6.54 Å². The van der Waals surface area contributed by atoms with Crippen LogP contribution in [0.2, 0.25) is 5.02 Å². The molecule has 1 unspecified atom stereocenters. The van der Waals surface area contributed by atoms with Crippen LogP contribution in [0.4, 0.5) is 0 Å². The molecule has 0 saturated heterocycles. The number of nitrogens with one attached hydrogen (secondary N) is 1. The third-order valence-corrected chi connectivity index (χ3v) is 6.83. The molecule has 1 aliphatic carbocycles. The van der Waals surface area contributed by atoms with Gasteiger partial charge in [-0.15, -0.1) is 0 Å². The van der Waals surface area contributed by atoms with Crippen molar-refractivity contribution in [1.82, 2.24) is 14.9 Å². The molecule has 0 radical (unpaired) electrons. The molecule has 1 amide bonds. The Balaban J connectivity index is 1.70. The summed E-state index contributed by atoms with van der Waals surface area (Å²) < 4.78 is 7.44. The molecule has 2 aromatic heterocycles. The van der Waals surface area contributed by atoms with Gasteiger partial charge in [0.1, 0.15) is 12.3 Å². The molecular formula is C29H28ClN3O5. The number of aromatic nitrogens is 2. The Morgan fingerprint density at radius 2 is 1.92 bits per heavy atom. The van der Waals surface area contributed by atoms with E-state index >= 15 is 0 Å². The predicted octanol–water partition coefficient (Wildman–Crippen LogP) is 4.94. The summed E-state index contributed by atoms with van der Waals surface area (Å²) in [7, 11) is 0. The van der Waals surface area contributed by atoms with Gasteiger partial charge < -0.3 is 14.8 Å². The lowest BCUT2D eigenvalue weighted by atomic mass is 9.94. The molecule has 0 aliphatic heterocycles. The smallest absolute Gasteiger partial charge is 0.273 e. The molecule has 2 aromatic carbocycles. The van der Waals surface area contributed by atoms with Crippen LogP contribution in [-0.4, -0.2) is 39.0 Å². The van der Waals surface area contributed by atoms with E-state index in [9.17, 15) is 19.5 Å². The lowest BCUT2D eigenvalue weighted by Crippen LogP contribution is -2.31. The summed E-state index contributed by atoms with van der Waals surface area (Å²) >= 11 is 6.32. The summed E-state index contributed by atoms with van der Waals surface area (Å²) in [5.74, 6) is 0.0458. The number of halogens is 1. The minimum absolute atomic E-state index is 0.0768. The molecule has 1 saturated carbocycles. The number of aliphatic hydroxyl groups excluding tert-OH is 1. The molecule has 1 fully saturated rings. The van der Waals surface area contributed by atoms with Crippen LogP contribution in [0, 0.1) is 0 Å². The number of Topliss-reactive ketones (excluding diaryl/α,β-unsaturated/α-hetero) is 1. The van der Waals surface area contributed by atoms with E-state index in [4.69, 9.17) is 16.0 Å². The number of fused-ring (bicyclic) bond motifs is 1. The number of amides is 1. The highest BCUT2D eigenvalue weighted by Crippen LogP contribution is 2.42. The molecule has 5 rings (SSSR count). The van der Waals surface area contributed by atoms with Gasteiger partial charge in [0.25, 0.3) is 11.5 Å². The van der Waals surface area contributed by atoms with Crippen molar-refractivity contribution < 1.29 is 19.1 Å². The lowest BCUT2D eigenvalue weighted by Gasteiger charge is -2.18. The summed E-state index contributed by atoms with van der Waals surface area (Å²) in [6.45, 7) is 3.27. The third kappa shape index (κ3) is 5.01. The summed E-state index contributed by atoms with van der Waals surface area (Å²) in [6, 6.07) is 14.4. The van der Waals surface area contributed by atoms with E-state index in [0.717, 1.165) is 18.4 Å². The predicted molar refractivity (Wildman–Crippen MR) is 145 cm³/mol. The Kier molecular flexibility index (Phi) is 7.19. The number of rotatable bonds is 9. The Hall–Kier alpha value is -3.75. The normalized spacial score (nSPS) is 14.0. The zero-order valence-electron chi connectivity index (χ0n) is 21.2. The number of hydrogen-bond donors (Lipinski definition) is 2. The van der Waals surface area contributed by atoms with E-state index in [0.29, 0.717) is 27.1 Å². The zero-order valence-corrected chi connectivity index (χ0v) is 21.9. The minimum Gasteiger partial charge on any atom is -0.443 e. The fourth-order valence-electron chi connectivity index (χ4n) is 4.61. The van der Waals surface area contributed by atoms with Crippen LogP contribution in [0.25, 0.3) is 21.9 Å². The maximum Gasteiger partial charge on any atom is 0.273 e. The van der Waals surface area contributed by atoms with E-state index < -0.39 is 12.0 Å². The van der Waals surface area contributed by atoms with E-state index in [2.05, 4.69) is 10.3 Å². The zero-order chi connectivity index (χ0) is 27.0. The number of aliphatic hydroxyl groups is 1. The van der Waals surface area contributed by atoms with Crippen molar-refractivity contribution in [3.05, 3.63) is 86.9 Å². The molecule has 9 heteroatoms. The first-order chi connectivity index (χ1) is 18.3. The van der Waals surface area contributed by atoms with Crippen molar-refractivity contribution in [3.63, 3.8) is 0 Å². The van der Waals surface area contributed by atoms with Gasteiger partial charge in [0.15, 0.2) is 11.5 Å². The van der Waals surface area contributed by atoms with Gasteiger partial charge in [0.05, 0.1) is 11.8 Å². The Bertz CT molecular complexity index is 1590. The van der Waals surface area contributed by atoms with Crippen molar-refractivity contribution in [1.29, 1.82) is 0 Å². The molecule has 0 bridgehead atoms. The quantitative estimate of drug-likeness (QED) is 0.295. The highest BCUT2D eigenvalue weighted by atomic mass is 35.5. The standard InChI is InChI=1S/C29H28ClN3O5/c1-3-22(35)26-24(17-7-5-4-6-8-17)21-13-19(30)11-12-20(21)29(37)33(26)15-23-32-25(27(38-23)18-9-10-18)28(36)31-14-16(2)34/h4-8,11-13,16,18,34H,3,9-10,14-15H2,1-2H3,(H,31,36). The third-order valence-electron chi connectivity index (χ3n) is 6.59. The van der Waals surface area contributed by atoms with Gasteiger partial charge in [0, 0.05) is 34.9 Å². The highest BCUT2D eigenvalue weighted by molar-refractivity contribution is 6.31. The van der Waals surface area contributed by atoms with E-state index in [1.165, 1.54) is 4.57 Å². The average molecular weight is 534 g/mol. The summed E-state index contributed by atoms with van der Waals surface area (Å²) in [5.41, 5.74) is 1.40. The first-order valence-corrected chi connectivity index (χ1v) is 13.1. The molecule has 8 nitrogen and oxygen atoms in total. The number of benzene rings is 2. The van der Waals surface area contributed by atoms with Gasteiger partial charge in [-0.2, -0.15) is 0 Å². The SMILES string of the molecule is CCC(=O)c1c(-c2ccccc2)c2cc(Cl)ccc2c(=O)n1Cc1nc(C(=O)NCC(C)O)c(C2CC2)o1. The molecule has 1 aliphatic rings. The van der Waals surface area contributed by atoms with Gasteiger partial charge in [-0.3, -0.25) is 19.0 Å². The van der Waals surface area contributed by atoms with Crippen LogP contribution in [0.15, 0.2) is 57.7 Å². The van der Waals surface area contributed by atoms with E-state index in [1.54, 1.807) is 32.0 Å². The highest BCUT2D eigenvalue weighted by Gasteiger charge is 2.34. The van der Waals surface area contributed by atoms with Crippen molar-refractivity contribution in [2.24, 2.45) is 0 Å². The van der Waals surface area contributed by atoms with Crippen LogP contribution in [0.3, 0.4) is 0 Å². The van der Waals surface area contributed by atoms with Gasteiger partial charge in [-0.1, -0.05) is 48.9 Å². The fraction of sp³-hybridized carbons (Fsp3) is 0.310. The Morgan fingerprint density at radius 3 is 2.58 bits per heavy atom. The van der Waals surface area contributed by atoms with Crippen LogP contribution in [0.1, 0.15) is 71.7 Å². The molecule has 38 heavy (non-hydrogen) atoms. The van der Waals surface area contributed by atoms with Crippen LogP contribution < -0.4 is 10.9 Å². The molecule has 0 spiro atoms. The van der Waals surface area contributed by atoms with E-state index in [-0.39, 0.29) is 54.0 Å². The van der Waals surface area contributed by atoms with Gasteiger partial charge in [-0.25, -0.2) is 4.98 Å². The second-order valence-electron chi connectivity index (χ2n) is 9.60. The van der Waals surface area contributed by atoms with Gasteiger partial charge >= 0.3 is 0 Å². The topological polar surface area (TPSA) is 114 Å². The minimum atomic E-state index is -0.710. The molecule has 1 atom stereocenters. The number of ketones is 1. The maximum atomic E-state index is 13.8. The largest absolute Gasteiger partial charge is 0.443 e. The second kappa shape index (κ2) is 10.6. The van der Waals surface area contributed by atoms with Crippen molar-refractivity contribution in [2.45, 2.75) is 51.7 Å². The maximum absolute atomic E-state index is 13.8. The fourth-order valence-corrected chi connectivity index (χ4v) is 4.79. The number of hydrogen-bond acceptors (Lipinski definition) is 6. The molecule has 2 heterocycles. The average Bonchev–Trinajstić information content (AvgIpc) is 3.67. The first-order valence-electron chi connectivity index (χ1n) is 12.7. The summed E-state index contributed by atoms with van der Waals surface area (Å²) in [6.07, 6.45) is 1.22. The lowest BCUT2D eigenvalue weighted by molar-refractivity contribution is 0.0916. The second-order valence-corrected chi connectivity index (χ2v) is 10.0. The number of nitrogens with zero attached hydrogens (tertiary/aromatic N) is 2. The number of pyridine rings is 1. The first kappa shape index (κ1) is 25.9. The van der Waals surface area contributed by atoms with Crippen molar-refractivity contribution in [2.75, 3.05) is 6.54 Å². The summed E-state index contributed by atoms with van der Waals surface area (Å²) in [5, 5.41) is 13.7. The van der Waals surface area contributed by atoms with Crippen LogP contribution in [0.5, 0.6) is 0 Å². The molecular weight excluding hydrogens is 506 g/mol. The molecule has 196 valence electrons. The van der Waals surface area contributed by atoms with Gasteiger partial charge in [0.2, 0.25) is 5.89 Å². The van der Waals surface area contributed by atoms with Crippen LogP contribution >= 0.6 is 11.6 Å². The van der Waals surface area contributed by atoms with Crippen molar-refractivity contribution in [3.8, 4) is 11.1 Å². The van der Waals surface area contributed by atoms with Crippen molar-refractivity contribution >= 4 is 34.1 Å². The van der Waals surface area contributed by atoms with Gasteiger partial charge in [-0.05, 0) is 48.9 Å². The Morgan fingerprint density at radius 1 is 1.18 bits per heavy atom. The monoisotopic (exact) mass is 533 g/mol. The van der Waals surface area contributed by atoms with E-state index in [1.807, 2.05) is 30.3 Å². The number of carbonyl (C=O) groups excluding carboxylic acids is 2. The number of oxazole rings is 1. The molecule has 2 N–H and O–H groups in total. The summed E-state index contributed by atoms with van der Waals surface area (Å²) in [4.78, 5) is 44.5. The molecule has 4 aromatic rings.